The maximum absolute atomic E-state index is 13.5. The summed E-state index contributed by atoms with van der Waals surface area (Å²) >= 11 is 0. The van der Waals surface area contributed by atoms with Gasteiger partial charge in [0.15, 0.2) is 5.69 Å². The van der Waals surface area contributed by atoms with Gasteiger partial charge in [-0.3, -0.25) is 4.79 Å². The average molecular weight is 501 g/mol. The van der Waals surface area contributed by atoms with Gasteiger partial charge in [-0.2, -0.15) is 18.3 Å². The molecule has 0 spiro atoms. The van der Waals surface area contributed by atoms with Crippen molar-refractivity contribution in [2.24, 2.45) is 0 Å². The zero-order valence-electron chi connectivity index (χ0n) is 19.4. The van der Waals surface area contributed by atoms with E-state index in [-0.39, 0.29) is 27.9 Å². The number of hydrogen-bond donors (Lipinski definition) is 1. The predicted molar refractivity (Wildman–Crippen MR) is 122 cm³/mol. The lowest BCUT2D eigenvalue weighted by Gasteiger charge is -2.15. The van der Waals surface area contributed by atoms with E-state index >= 15 is 0 Å². The summed E-state index contributed by atoms with van der Waals surface area (Å²) in [6.07, 6.45) is -2.29. The van der Waals surface area contributed by atoms with Gasteiger partial charge in [0.05, 0.1) is 31.0 Å². The Hall–Kier alpha value is -4.15. The van der Waals surface area contributed by atoms with E-state index < -0.39 is 29.7 Å². The van der Waals surface area contributed by atoms with Crippen molar-refractivity contribution in [1.29, 1.82) is 0 Å². The first-order valence-corrected chi connectivity index (χ1v) is 11.0. The molecule has 2 aromatic carbocycles. The Balaban J connectivity index is 1.60. The van der Waals surface area contributed by atoms with E-state index in [2.05, 4.69) is 19.9 Å². The van der Waals surface area contributed by atoms with Gasteiger partial charge >= 0.3 is 18.1 Å². The van der Waals surface area contributed by atoms with Crippen LogP contribution in [0.15, 0.2) is 42.5 Å². The zero-order chi connectivity index (χ0) is 26.0. The molecule has 1 amide bonds. The fourth-order valence-corrected chi connectivity index (χ4v) is 4.17. The van der Waals surface area contributed by atoms with Gasteiger partial charge in [-0.1, -0.05) is 0 Å². The quantitative estimate of drug-likeness (QED) is 0.514. The van der Waals surface area contributed by atoms with Crippen LogP contribution in [-0.4, -0.2) is 41.8 Å². The van der Waals surface area contributed by atoms with Crippen LogP contribution in [0.3, 0.4) is 0 Å². The van der Waals surface area contributed by atoms with Crippen LogP contribution >= 0.6 is 0 Å². The largest absolute Gasteiger partial charge is 0.465 e. The lowest BCUT2D eigenvalue weighted by molar-refractivity contribution is -0.142. The number of halogens is 3. The van der Waals surface area contributed by atoms with Gasteiger partial charge in [-0.25, -0.2) is 14.3 Å². The standard InChI is InChI=1S/C25H22F3N3O5/c1-35-23(33)15-11-16(24(34)36-2)13-17(12-15)29-22(32)14-7-9-18(10-8-14)31-20-6-4-3-5-19(20)21(30-31)25(26,27)28/h7-13H,3-6H2,1-2H3,(H,29,32). The van der Waals surface area contributed by atoms with Gasteiger partial charge in [-0.05, 0) is 68.1 Å². The van der Waals surface area contributed by atoms with Crippen molar-refractivity contribution in [2.45, 2.75) is 31.9 Å². The Labute approximate surface area is 204 Å². The summed E-state index contributed by atoms with van der Waals surface area (Å²) in [5, 5.41) is 6.45. The molecule has 36 heavy (non-hydrogen) atoms. The number of esters is 2. The molecule has 1 heterocycles. The number of rotatable bonds is 5. The van der Waals surface area contributed by atoms with Crippen LogP contribution in [-0.2, 0) is 28.5 Å². The molecule has 0 aliphatic heterocycles. The van der Waals surface area contributed by atoms with Crippen LogP contribution in [0.2, 0.25) is 0 Å². The Morgan fingerprint density at radius 2 is 1.47 bits per heavy atom. The number of benzene rings is 2. The zero-order valence-corrected chi connectivity index (χ0v) is 19.4. The number of alkyl halides is 3. The molecule has 188 valence electrons. The van der Waals surface area contributed by atoms with Crippen LogP contribution in [0.1, 0.15) is 60.9 Å². The first-order valence-electron chi connectivity index (χ1n) is 11.0. The van der Waals surface area contributed by atoms with Crippen molar-refractivity contribution >= 4 is 23.5 Å². The number of ether oxygens (including phenoxy) is 2. The van der Waals surface area contributed by atoms with Gasteiger partial charge in [0.25, 0.3) is 5.91 Å². The number of carbonyl (C=O) groups is 3. The van der Waals surface area contributed by atoms with E-state index in [1.165, 1.54) is 61.4 Å². The molecular formula is C25H22F3N3O5. The Bertz CT molecular complexity index is 1300. The summed E-state index contributed by atoms with van der Waals surface area (Å²) in [4.78, 5) is 36.7. The molecule has 0 radical (unpaired) electrons. The van der Waals surface area contributed by atoms with Gasteiger partial charge < -0.3 is 14.8 Å². The molecular weight excluding hydrogens is 479 g/mol. The molecule has 0 bridgehead atoms. The van der Waals surface area contributed by atoms with E-state index in [4.69, 9.17) is 0 Å². The summed E-state index contributed by atoms with van der Waals surface area (Å²) in [6.45, 7) is 0. The number of hydrogen-bond acceptors (Lipinski definition) is 6. The van der Waals surface area contributed by atoms with E-state index in [0.29, 0.717) is 30.6 Å². The highest BCUT2D eigenvalue weighted by Gasteiger charge is 2.39. The maximum Gasteiger partial charge on any atom is 0.435 e. The third kappa shape index (κ3) is 4.95. The molecule has 8 nitrogen and oxygen atoms in total. The third-order valence-corrected chi connectivity index (χ3v) is 5.86. The van der Waals surface area contributed by atoms with Crippen LogP contribution in [0.5, 0.6) is 0 Å². The summed E-state index contributed by atoms with van der Waals surface area (Å²) in [7, 11) is 2.36. The fourth-order valence-electron chi connectivity index (χ4n) is 4.17. The minimum atomic E-state index is -4.55. The minimum absolute atomic E-state index is 0.0370. The number of anilines is 1. The van der Waals surface area contributed by atoms with Gasteiger partial charge in [-0.15, -0.1) is 0 Å². The average Bonchev–Trinajstić information content (AvgIpc) is 3.28. The van der Waals surface area contributed by atoms with Crippen LogP contribution in [0, 0.1) is 0 Å². The molecule has 0 atom stereocenters. The van der Waals surface area contributed by atoms with Crippen LogP contribution < -0.4 is 5.32 Å². The highest BCUT2D eigenvalue weighted by atomic mass is 19.4. The summed E-state index contributed by atoms with van der Waals surface area (Å²) < 4.78 is 51.2. The van der Waals surface area contributed by atoms with E-state index in [9.17, 15) is 27.6 Å². The molecule has 1 aromatic heterocycles. The normalized spacial score (nSPS) is 13.0. The first kappa shape index (κ1) is 25.0. The lowest BCUT2D eigenvalue weighted by atomic mass is 9.95. The van der Waals surface area contributed by atoms with E-state index in [1.54, 1.807) is 0 Å². The number of methoxy groups -OCH3 is 2. The number of carbonyl (C=O) groups excluding carboxylic acids is 3. The lowest BCUT2D eigenvalue weighted by Crippen LogP contribution is -2.14. The Morgan fingerprint density at radius 1 is 0.889 bits per heavy atom. The Kier molecular flexibility index (Phi) is 6.82. The molecule has 4 rings (SSSR count). The minimum Gasteiger partial charge on any atom is -0.465 e. The first-order chi connectivity index (χ1) is 17.1. The van der Waals surface area contributed by atoms with Crippen molar-refractivity contribution in [3.8, 4) is 5.69 Å². The van der Waals surface area contributed by atoms with Crippen LogP contribution in [0.25, 0.3) is 5.69 Å². The number of fused-ring (bicyclic) bond motifs is 1. The second-order valence-corrected chi connectivity index (χ2v) is 8.17. The third-order valence-electron chi connectivity index (χ3n) is 5.86. The number of nitrogens with zero attached hydrogens (tertiary/aromatic N) is 2. The summed E-state index contributed by atoms with van der Waals surface area (Å²) in [6, 6.07) is 9.92. The van der Waals surface area contributed by atoms with Crippen molar-refractivity contribution in [2.75, 3.05) is 19.5 Å². The molecule has 0 unspecified atom stereocenters. The van der Waals surface area contributed by atoms with Crippen molar-refractivity contribution in [1.82, 2.24) is 9.78 Å². The monoisotopic (exact) mass is 501 g/mol. The van der Waals surface area contributed by atoms with Crippen LogP contribution in [0.4, 0.5) is 18.9 Å². The predicted octanol–water partition coefficient (Wildman–Crippen LogP) is 4.60. The number of amides is 1. The summed E-state index contributed by atoms with van der Waals surface area (Å²) in [5.41, 5.74) is 0.724. The maximum atomic E-state index is 13.5. The Morgan fingerprint density at radius 3 is 2.03 bits per heavy atom. The SMILES string of the molecule is COC(=O)c1cc(NC(=O)c2ccc(-n3nc(C(F)(F)F)c4c3CCCC4)cc2)cc(C(=O)OC)c1. The second kappa shape index (κ2) is 9.84. The highest BCUT2D eigenvalue weighted by molar-refractivity contribution is 6.06. The molecule has 1 aliphatic rings. The molecule has 3 aromatic rings. The van der Waals surface area contributed by atoms with Crippen molar-refractivity contribution < 1.29 is 37.0 Å². The van der Waals surface area contributed by atoms with Crippen molar-refractivity contribution in [3.05, 3.63) is 76.1 Å². The smallest absolute Gasteiger partial charge is 0.435 e. The molecule has 0 fully saturated rings. The number of aromatic nitrogens is 2. The molecule has 1 N–H and O–H groups in total. The molecule has 0 saturated carbocycles. The van der Waals surface area contributed by atoms with E-state index in [0.717, 1.165) is 6.42 Å². The molecule has 11 heteroatoms. The molecule has 1 aliphatic carbocycles. The topological polar surface area (TPSA) is 99.5 Å². The van der Waals surface area contributed by atoms with Gasteiger partial charge in [0.1, 0.15) is 0 Å². The van der Waals surface area contributed by atoms with E-state index in [1.807, 2.05) is 0 Å². The van der Waals surface area contributed by atoms with Gasteiger partial charge in [0, 0.05) is 22.5 Å². The molecule has 0 saturated heterocycles. The number of nitrogens with one attached hydrogen (secondary N) is 1. The van der Waals surface area contributed by atoms with Crippen molar-refractivity contribution in [3.63, 3.8) is 0 Å². The highest BCUT2D eigenvalue weighted by Crippen LogP contribution is 2.36. The summed E-state index contributed by atoms with van der Waals surface area (Å²) in [5.74, 6) is -1.97. The van der Waals surface area contributed by atoms with Gasteiger partial charge in [0.2, 0.25) is 0 Å². The fraction of sp³-hybridized carbons (Fsp3) is 0.280. The second-order valence-electron chi connectivity index (χ2n) is 8.17.